The van der Waals surface area contributed by atoms with E-state index in [1.165, 1.54) is 32.2 Å². The molecule has 2 saturated heterocycles. The molecule has 0 bridgehead atoms. The zero-order valence-electron chi connectivity index (χ0n) is 33.5. The van der Waals surface area contributed by atoms with Gasteiger partial charge in [0, 0.05) is 47.4 Å². The summed E-state index contributed by atoms with van der Waals surface area (Å²) >= 11 is 0. The maximum Gasteiger partial charge on any atom is 0.178 e. The van der Waals surface area contributed by atoms with Gasteiger partial charge in [-0.2, -0.15) is 0 Å². The first-order valence-electron chi connectivity index (χ1n) is 20.8. The highest BCUT2D eigenvalue weighted by Crippen LogP contribution is 2.28. The highest BCUT2D eigenvalue weighted by atomic mass is 16.5. The number of fused-ring (bicyclic) bond motifs is 2. The maximum atomic E-state index is 5.83. The second-order valence-electron chi connectivity index (χ2n) is 15.6. The number of nitrogens with one attached hydrogen (secondary N) is 3. The molecular weight excluding hydrogens is 733 g/mol. The molecule has 0 spiro atoms. The molecule has 2 aliphatic heterocycles. The van der Waals surface area contributed by atoms with Gasteiger partial charge >= 0.3 is 0 Å². The molecule has 10 heteroatoms. The molecular formula is C49H50N8O2. The van der Waals surface area contributed by atoms with Gasteiger partial charge in [-0.05, 0) is 105 Å². The van der Waals surface area contributed by atoms with Crippen LogP contribution in [0.15, 0.2) is 133 Å². The van der Waals surface area contributed by atoms with Gasteiger partial charge in [0.25, 0.3) is 0 Å². The first-order valence-corrected chi connectivity index (χ1v) is 20.8. The summed E-state index contributed by atoms with van der Waals surface area (Å²) in [5, 5.41) is 3.46. The molecule has 2 unspecified atom stereocenters. The van der Waals surface area contributed by atoms with Gasteiger partial charge in [0.1, 0.15) is 36.4 Å². The Morgan fingerprint density at radius 1 is 0.559 bits per heavy atom. The minimum atomic E-state index is 0.484. The third-order valence-electron chi connectivity index (χ3n) is 11.2. The average molecular weight is 783 g/mol. The second-order valence-corrected chi connectivity index (χ2v) is 15.6. The zero-order chi connectivity index (χ0) is 39.8. The van der Waals surface area contributed by atoms with Crippen LogP contribution in [-0.4, -0.2) is 68.0 Å². The number of likely N-dealkylation sites (tertiary alicyclic amines) is 1. The van der Waals surface area contributed by atoms with Crippen molar-refractivity contribution in [1.29, 1.82) is 0 Å². The number of aromatic nitrogens is 6. The van der Waals surface area contributed by atoms with Crippen molar-refractivity contribution in [1.82, 2.24) is 40.1 Å². The lowest BCUT2D eigenvalue weighted by Crippen LogP contribution is -2.31. The van der Waals surface area contributed by atoms with Crippen molar-refractivity contribution in [3.8, 4) is 34.3 Å². The minimum absolute atomic E-state index is 0.484. The van der Waals surface area contributed by atoms with Crippen LogP contribution in [0.2, 0.25) is 0 Å². The summed E-state index contributed by atoms with van der Waals surface area (Å²) in [7, 11) is 2.19. The summed E-state index contributed by atoms with van der Waals surface area (Å²) in [6.07, 6.45) is 4.82. The molecule has 0 amide bonds. The molecule has 0 aliphatic carbocycles. The molecule has 0 saturated carbocycles. The quantitative estimate of drug-likeness (QED) is 0.126. The normalized spacial score (nSPS) is 17.0. The summed E-state index contributed by atoms with van der Waals surface area (Å²) in [6.45, 7) is 5.45. The lowest BCUT2D eigenvalue weighted by atomic mass is 9.94. The van der Waals surface area contributed by atoms with Crippen LogP contribution in [0, 0.1) is 0 Å². The Labute approximate surface area is 345 Å². The third-order valence-corrected chi connectivity index (χ3v) is 11.2. The standard InChI is InChI=1S/C25H26N4O.C24H24N4O/c1-29-15-5-6-20(16-29)22-13-14-23-25(26-22)28-24(27-23)19-11-9-18(10-12-19)17-30-21-7-3-2-4-8-21;1-2-6-20(7-3-1)29-16-17-8-10-18(11-9-17)23-27-22-13-12-21(26-24(22)28-23)19-5-4-14-25-15-19/h2-4,7-14,20H,5-6,15-17H2,1H3,(H,26,27,28);1-3,6-13,19,25H,4-5,14-16H2,(H,26,27,28). The van der Waals surface area contributed by atoms with Crippen LogP contribution in [0.5, 0.6) is 11.5 Å². The van der Waals surface area contributed by atoms with E-state index < -0.39 is 0 Å². The molecule has 4 aromatic heterocycles. The molecule has 0 radical (unpaired) electrons. The molecule has 3 N–H and O–H groups in total. The number of rotatable bonds is 10. The van der Waals surface area contributed by atoms with Crippen LogP contribution in [0.1, 0.15) is 60.0 Å². The van der Waals surface area contributed by atoms with Gasteiger partial charge in [-0.15, -0.1) is 0 Å². The third kappa shape index (κ3) is 9.52. The van der Waals surface area contributed by atoms with Gasteiger partial charge in [0.15, 0.2) is 11.3 Å². The smallest absolute Gasteiger partial charge is 0.178 e. The zero-order valence-corrected chi connectivity index (χ0v) is 33.5. The maximum absolute atomic E-state index is 5.83. The topological polar surface area (TPSA) is 117 Å². The number of ether oxygens (including phenoxy) is 2. The van der Waals surface area contributed by atoms with Crippen molar-refractivity contribution in [3.63, 3.8) is 0 Å². The van der Waals surface area contributed by atoms with Crippen LogP contribution in [0.3, 0.4) is 0 Å². The Kier molecular flexibility index (Phi) is 11.7. The number of nitrogens with zero attached hydrogens (tertiary/aromatic N) is 5. The number of H-pyrrole nitrogens is 2. The number of aromatic amines is 2. The van der Waals surface area contributed by atoms with Gasteiger partial charge in [0.2, 0.25) is 0 Å². The fourth-order valence-electron chi connectivity index (χ4n) is 7.94. The van der Waals surface area contributed by atoms with Gasteiger partial charge in [-0.1, -0.05) is 84.9 Å². The van der Waals surface area contributed by atoms with Crippen molar-refractivity contribution in [2.75, 3.05) is 33.2 Å². The Morgan fingerprint density at radius 3 is 1.56 bits per heavy atom. The Balaban J connectivity index is 0.000000152. The molecule has 2 atom stereocenters. The number of likely N-dealkylation sites (N-methyl/N-ethyl adjacent to an activating group) is 1. The first kappa shape index (κ1) is 38.2. The molecule has 2 fully saturated rings. The number of imidazole rings is 2. The largest absolute Gasteiger partial charge is 0.489 e. The first-order chi connectivity index (χ1) is 29.1. The van der Waals surface area contributed by atoms with Crippen molar-refractivity contribution in [3.05, 3.63) is 156 Å². The van der Waals surface area contributed by atoms with Crippen molar-refractivity contribution in [2.24, 2.45) is 0 Å². The number of hydrogen-bond acceptors (Lipinski definition) is 8. The number of para-hydroxylation sites is 2. The summed E-state index contributed by atoms with van der Waals surface area (Å²) in [4.78, 5) is 28.4. The molecule has 4 aromatic carbocycles. The van der Waals surface area contributed by atoms with E-state index >= 15 is 0 Å². The van der Waals surface area contributed by atoms with Crippen molar-refractivity contribution >= 4 is 22.3 Å². The van der Waals surface area contributed by atoms with Gasteiger partial charge < -0.3 is 29.7 Å². The average Bonchev–Trinajstić information content (AvgIpc) is 3.94. The number of pyridine rings is 2. The molecule has 8 aromatic rings. The predicted octanol–water partition coefficient (Wildman–Crippen LogP) is 9.68. The molecule has 10 rings (SSSR count). The van der Waals surface area contributed by atoms with Crippen molar-refractivity contribution in [2.45, 2.75) is 50.7 Å². The summed E-state index contributed by atoms with van der Waals surface area (Å²) in [5.74, 6) is 4.44. The Bertz CT molecular complexity index is 2570. The molecule has 6 heterocycles. The fourth-order valence-corrected chi connectivity index (χ4v) is 7.94. The van der Waals surface area contributed by atoms with E-state index in [0.717, 1.165) is 98.8 Å². The molecule has 298 valence electrons. The molecule has 59 heavy (non-hydrogen) atoms. The minimum Gasteiger partial charge on any atom is -0.489 e. The highest BCUT2D eigenvalue weighted by molar-refractivity contribution is 5.77. The van der Waals surface area contributed by atoms with E-state index in [1.54, 1.807) is 0 Å². The summed E-state index contributed by atoms with van der Waals surface area (Å²) < 4.78 is 11.6. The van der Waals surface area contributed by atoms with E-state index in [-0.39, 0.29) is 0 Å². The van der Waals surface area contributed by atoms with E-state index in [4.69, 9.17) is 29.4 Å². The summed E-state index contributed by atoms with van der Waals surface area (Å²) in [5.41, 5.74) is 10.2. The highest BCUT2D eigenvalue weighted by Gasteiger charge is 2.21. The van der Waals surface area contributed by atoms with Crippen molar-refractivity contribution < 1.29 is 9.47 Å². The van der Waals surface area contributed by atoms with Gasteiger partial charge in [0.05, 0.1) is 11.0 Å². The van der Waals surface area contributed by atoms with Crippen LogP contribution in [0.4, 0.5) is 0 Å². The van der Waals surface area contributed by atoms with E-state index in [2.05, 4.69) is 100 Å². The fraction of sp³-hybridized carbons (Fsp3) is 0.265. The predicted molar refractivity (Wildman–Crippen MR) is 235 cm³/mol. The number of hydrogen-bond donors (Lipinski definition) is 3. The van der Waals surface area contributed by atoms with Crippen LogP contribution >= 0.6 is 0 Å². The van der Waals surface area contributed by atoms with E-state index in [1.807, 2.05) is 60.7 Å². The second kappa shape index (κ2) is 18.1. The van der Waals surface area contributed by atoms with Gasteiger partial charge in [-0.3, -0.25) is 0 Å². The van der Waals surface area contributed by atoms with Gasteiger partial charge in [-0.25, -0.2) is 19.9 Å². The lowest BCUT2D eigenvalue weighted by Gasteiger charge is -2.29. The van der Waals surface area contributed by atoms with Crippen LogP contribution in [-0.2, 0) is 13.2 Å². The van der Waals surface area contributed by atoms with E-state index in [0.29, 0.717) is 25.0 Å². The van der Waals surface area contributed by atoms with Crippen LogP contribution < -0.4 is 14.8 Å². The monoisotopic (exact) mass is 782 g/mol. The lowest BCUT2D eigenvalue weighted by molar-refractivity contribution is 0.248. The Hall–Kier alpha value is -6.36. The Morgan fingerprint density at radius 2 is 1.07 bits per heavy atom. The molecule has 10 nitrogen and oxygen atoms in total. The summed E-state index contributed by atoms with van der Waals surface area (Å²) in [6, 6.07) is 44.9. The van der Waals surface area contributed by atoms with Crippen LogP contribution in [0.25, 0.3) is 45.1 Å². The van der Waals surface area contributed by atoms with E-state index in [9.17, 15) is 0 Å². The molecule has 2 aliphatic rings. The SMILES string of the molecule is CN1CCCC(c2ccc3[nH]c(-c4ccc(COc5ccccc5)cc4)nc3n2)C1.c1ccc(OCc2ccc(-c3nc4nc(C5CCCNC5)ccc4[nH]3)cc2)cc1. The number of benzene rings is 4. The number of piperidine rings is 2.